The third-order valence-corrected chi connectivity index (χ3v) is 6.49. The van der Waals surface area contributed by atoms with Crippen LogP contribution in [0, 0.1) is 5.92 Å². The van der Waals surface area contributed by atoms with Gasteiger partial charge in [0.05, 0.1) is 18.8 Å². The molecule has 25 heavy (non-hydrogen) atoms. The second-order valence-electron chi connectivity index (χ2n) is 7.77. The van der Waals surface area contributed by atoms with Gasteiger partial charge in [0.2, 0.25) is 0 Å². The van der Waals surface area contributed by atoms with Crippen LogP contribution in [0.3, 0.4) is 0 Å². The van der Waals surface area contributed by atoms with Crippen molar-refractivity contribution in [3.63, 3.8) is 0 Å². The summed E-state index contributed by atoms with van der Waals surface area (Å²) < 4.78 is 11.7. The minimum absolute atomic E-state index is 0.192. The van der Waals surface area contributed by atoms with Crippen molar-refractivity contribution in [1.82, 2.24) is 0 Å². The molecule has 3 aliphatic rings. The molecule has 0 bridgehead atoms. The highest BCUT2D eigenvalue weighted by Crippen LogP contribution is 2.54. The fourth-order valence-electron chi connectivity index (χ4n) is 5.09. The van der Waals surface area contributed by atoms with Crippen molar-refractivity contribution in [3.8, 4) is 5.75 Å². The highest BCUT2D eigenvalue weighted by molar-refractivity contribution is 5.63. The van der Waals surface area contributed by atoms with Crippen molar-refractivity contribution >= 4 is 5.69 Å². The van der Waals surface area contributed by atoms with Crippen molar-refractivity contribution < 1.29 is 9.47 Å². The molecular formula is C22H25NO2. The van der Waals surface area contributed by atoms with Crippen molar-refractivity contribution in [2.75, 3.05) is 19.0 Å². The molecule has 1 aliphatic carbocycles. The number of hydrogen-bond acceptors (Lipinski definition) is 3. The van der Waals surface area contributed by atoms with Crippen molar-refractivity contribution in [2.45, 2.75) is 44.2 Å². The standard InChI is InChI=1S/C22H25NO2/c1-22-18(10-11-25-22)21(14-6-8-17(24-2)9-7-14)23-20-13-16-5-3-4-15(16)12-19(20)22/h6-9,12-13,18,21,23H,3-5,10-11H2,1-2H3/t18-,21-,22-/m0/s1. The average Bonchev–Trinajstić information content (AvgIpc) is 3.26. The van der Waals surface area contributed by atoms with Gasteiger partial charge in [0.15, 0.2) is 0 Å². The molecule has 0 aromatic heterocycles. The van der Waals surface area contributed by atoms with Gasteiger partial charge in [-0.15, -0.1) is 0 Å². The molecule has 1 saturated heterocycles. The number of ether oxygens (including phenoxy) is 2. The third kappa shape index (κ3) is 2.22. The summed E-state index contributed by atoms with van der Waals surface area (Å²) in [6.45, 7) is 3.13. The van der Waals surface area contributed by atoms with Crippen LogP contribution < -0.4 is 10.1 Å². The monoisotopic (exact) mass is 335 g/mol. The molecule has 130 valence electrons. The molecule has 3 atom stereocenters. The van der Waals surface area contributed by atoms with Crippen LogP contribution in [-0.2, 0) is 23.2 Å². The minimum Gasteiger partial charge on any atom is -0.497 e. The van der Waals surface area contributed by atoms with E-state index in [4.69, 9.17) is 9.47 Å². The predicted octanol–water partition coefficient (Wildman–Crippen LogP) is 4.60. The molecule has 2 aliphatic heterocycles. The van der Waals surface area contributed by atoms with E-state index in [1.165, 1.54) is 47.2 Å². The minimum atomic E-state index is -0.192. The lowest BCUT2D eigenvalue weighted by molar-refractivity contribution is -0.0179. The van der Waals surface area contributed by atoms with E-state index in [0.717, 1.165) is 18.8 Å². The molecule has 5 rings (SSSR count). The molecule has 0 radical (unpaired) electrons. The van der Waals surface area contributed by atoms with E-state index in [9.17, 15) is 0 Å². The van der Waals surface area contributed by atoms with Crippen LogP contribution in [0.15, 0.2) is 36.4 Å². The normalized spacial score (nSPS) is 29.5. The maximum absolute atomic E-state index is 6.36. The van der Waals surface area contributed by atoms with E-state index >= 15 is 0 Å². The van der Waals surface area contributed by atoms with Crippen LogP contribution in [0.25, 0.3) is 0 Å². The van der Waals surface area contributed by atoms with Crippen molar-refractivity contribution in [3.05, 3.63) is 58.7 Å². The number of fused-ring (bicyclic) bond motifs is 4. The van der Waals surface area contributed by atoms with Gasteiger partial charge in [-0.3, -0.25) is 0 Å². The molecule has 2 heterocycles. The number of aryl methyl sites for hydroxylation is 2. The molecule has 0 spiro atoms. The first-order valence-corrected chi connectivity index (χ1v) is 9.40. The summed E-state index contributed by atoms with van der Waals surface area (Å²) in [7, 11) is 1.71. The van der Waals surface area contributed by atoms with Gasteiger partial charge in [-0.2, -0.15) is 0 Å². The summed E-state index contributed by atoms with van der Waals surface area (Å²) in [5.41, 5.74) is 6.79. The molecule has 0 amide bonds. The first-order valence-electron chi connectivity index (χ1n) is 9.40. The molecule has 3 heteroatoms. The van der Waals surface area contributed by atoms with Gasteiger partial charge in [-0.25, -0.2) is 0 Å². The zero-order valence-electron chi connectivity index (χ0n) is 15.0. The number of hydrogen-bond donors (Lipinski definition) is 1. The maximum atomic E-state index is 6.36. The Hall–Kier alpha value is -2.00. The van der Waals surface area contributed by atoms with Gasteiger partial charge in [-0.1, -0.05) is 18.2 Å². The summed E-state index contributed by atoms with van der Waals surface area (Å²) in [5.74, 6) is 1.36. The summed E-state index contributed by atoms with van der Waals surface area (Å²) in [6.07, 6.45) is 4.79. The Morgan fingerprint density at radius 3 is 2.64 bits per heavy atom. The van der Waals surface area contributed by atoms with Crippen LogP contribution in [0.2, 0.25) is 0 Å². The Kier molecular flexibility index (Phi) is 3.36. The molecule has 1 N–H and O–H groups in total. The molecule has 1 fully saturated rings. The van der Waals surface area contributed by atoms with Gasteiger partial charge in [0.25, 0.3) is 0 Å². The highest BCUT2D eigenvalue weighted by atomic mass is 16.5. The van der Waals surface area contributed by atoms with Gasteiger partial charge >= 0.3 is 0 Å². The van der Waals surface area contributed by atoms with E-state index in [1.54, 1.807) is 7.11 Å². The van der Waals surface area contributed by atoms with E-state index in [1.807, 2.05) is 0 Å². The van der Waals surface area contributed by atoms with E-state index in [-0.39, 0.29) is 11.6 Å². The topological polar surface area (TPSA) is 30.5 Å². The van der Waals surface area contributed by atoms with Gasteiger partial charge < -0.3 is 14.8 Å². The molecule has 0 unspecified atom stereocenters. The lowest BCUT2D eigenvalue weighted by Gasteiger charge is -2.43. The molecule has 2 aromatic rings. The molecular weight excluding hydrogens is 310 g/mol. The third-order valence-electron chi connectivity index (χ3n) is 6.49. The van der Waals surface area contributed by atoms with Crippen LogP contribution in [0.4, 0.5) is 5.69 Å². The van der Waals surface area contributed by atoms with Crippen LogP contribution in [0.1, 0.15) is 48.1 Å². The lowest BCUT2D eigenvalue weighted by atomic mass is 9.72. The first-order chi connectivity index (χ1) is 12.2. The molecule has 0 saturated carbocycles. The van der Waals surface area contributed by atoms with E-state index < -0.39 is 0 Å². The maximum Gasteiger partial charge on any atom is 0.118 e. The van der Waals surface area contributed by atoms with Crippen molar-refractivity contribution in [2.24, 2.45) is 5.92 Å². The Bertz CT molecular complexity index is 814. The number of benzene rings is 2. The van der Waals surface area contributed by atoms with Gasteiger partial charge in [0.1, 0.15) is 5.75 Å². The number of nitrogens with one attached hydrogen (secondary N) is 1. The largest absolute Gasteiger partial charge is 0.497 e. The average molecular weight is 335 g/mol. The Morgan fingerprint density at radius 2 is 1.88 bits per heavy atom. The van der Waals surface area contributed by atoms with Crippen LogP contribution >= 0.6 is 0 Å². The quantitative estimate of drug-likeness (QED) is 0.870. The highest BCUT2D eigenvalue weighted by Gasteiger charge is 2.50. The van der Waals surface area contributed by atoms with Crippen molar-refractivity contribution in [1.29, 1.82) is 0 Å². The smallest absolute Gasteiger partial charge is 0.118 e. The Labute approximate surface area is 149 Å². The van der Waals surface area contributed by atoms with Crippen LogP contribution in [0.5, 0.6) is 5.75 Å². The predicted molar refractivity (Wildman–Crippen MR) is 99.2 cm³/mol. The Balaban J connectivity index is 1.61. The fraction of sp³-hybridized carbons (Fsp3) is 0.455. The van der Waals surface area contributed by atoms with Gasteiger partial charge in [0, 0.05) is 23.8 Å². The zero-order chi connectivity index (χ0) is 17.0. The van der Waals surface area contributed by atoms with Gasteiger partial charge in [-0.05, 0) is 67.5 Å². The fourth-order valence-corrected chi connectivity index (χ4v) is 5.09. The lowest BCUT2D eigenvalue weighted by Crippen LogP contribution is -2.40. The van der Waals surface area contributed by atoms with E-state index in [2.05, 4.69) is 48.6 Å². The summed E-state index contributed by atoms with van der Waals surface area (Å²) >= 11 is 0. The molecule has 3 nitrogen and oxygen atoms in total. The Morgan fingerprint density at radius 1 is 1.12 bits per heavy atom. The number of methoxy groups -OCH3 is 1. The summed E-state index contributed by atoms with van der Waals surface area (Å²) in [6, 6.07) is 13.6. The number of anilines is 1. The second kappa shape index (κ2) is 5.50. The molecule has 2 aromatic carbocycles. The summed E-state index contributed by atoms with van der Waals surface area (Å²) in [5, 5.41) is 3.86. The van der Waals surface area contributed by atoms with Crippen LogP contribution in [-0.4, -0.2) is 13.7 Å². The number of rotatable bonds is 2. The first kappa shape index (κ1) is 15.3. The second-order valence-corrected chi connectivity index (χ2v) is 7.77. The van der Waals surface area contributed by atoms with E-state index in [0.29, 0.717) is 5.92 Å². The zero-order valence-corrected chi connectivity index (χ0v) is 15.0. The SMILES string of the molecule is COc1ccc([C@@H]2Nc3cc4c(cc3[C@@]3(C)OCC[C@@H]23)CCC4)cc1. The summed E-state index contributed by atoms with van der Waals surface area (Å²) in [4.78, 5) is 0.